The summed E-state index contributed by atoms with van der Waals surface area (Å²) in [5.41, 5.74) is 2.22. The highest BCUT2D eigenvalue weighted by atomic mass is 79.9. The number of rotatable bonds is 4. The Morgan fingerprint density at radius 3 is 2.17 bits per heavy atom. The summed E-state index contributed by atoms with van der Waals surface area (Å²) in [7, 11) is 3.25. The van der Waals surface area contributed by atoms with Crippen molar-refractivity contribution in [3.8, 4) is 16.9 Å². The number of fused-ring (bicyclic) bond motifs is 4. The normalized spacial score (nSPS) is 16.6. The largest absolute Gasteiger partial charge is 0.459 e. The summed E-state index contributed by atoms with van der Waals surface area (Å²) in [5.74, 6) is -3.06. The fourth-order valence-electron chi connectivity index (χ4n) is 4.79. The minimum atomic E-state index is -2.68. The number of benzene rings is 2. The lowest BCUT2D eigenvalue weighted by Crippen LogP contribution is -2.36. The Bertz CT molecular complexity index is 1350. The molecule has 3 aliphatic rings. The van der Waals surface area contributed by atoms with E-state index in [1.165, 1.54) is 18.2 Å². The second-order valence-corrected chi connectivity index (χ2v) is 12.4. The van der Waals surface area contributed by atoms with E-state index in [1.807, 2.05) is 54.5 Å². The standard InChI is InChI=1S/C20H15BrO7.C9H17NO2.C2H6O.2C2H6/c21-16-4-2-10-5-14-12-3-1-11(17(23)8-27-9-22)6-15(12)20(25,26)28-18(14)7-13(10)19(16)24;1-9(2,3)12-8(11)10-6-4-5-7-10;1-3-2;2*1-2/h1,3,5-7,9,16,25-26H,2,4,8H2;4-7H2,1-3H3;1-2H3;2*1-2H3. The van der Waals surface area contributed by atoms with Crippen molar-refractivity contribution in [3.05, 3.63) is 52.6 Å². The number of alkyl halides is 1. The molecule has 0 aromatic heterocycles. The number of carbonyl (C=O) groups is 4. The number of aliphatic hydroxyl groups is 2. The van der Waals surface area contributed by atoms with Gasteiger partial charge in [0.2, 0.25) is 0 Å². The minimum absolute atomic E-state index is 0.00240. The van der Waals surface area contributed by atoms with E-state index in [4.69, 9.17) is 9.47 Å². The molecule has 0 saturated carbocycles. The summed E-state index contributed by atoms with van der Waals surface area (Å²) < 4.78 is 19.3. The van der Waals surface area contributed by atoms with Crippen LogP contribution in [0.3, 0.4) is 0 Å². The summed E-state index contributed by atoms with van der Waals surface area (Å²) in [6, 6.07) is 7.73. The first kappa shape index (κ1) is 41.7. The quantitative estimate of drug-likeness (QED) is 0.157. The molecule has 1 atom stereocenters. The highest BCUT2D eigenvalue weighted by molar-refractivity contribution is 9.10. The van der Waals surface area contributed by atoms with Gasteiger partial charge in [0.25, 0.3) is 6.47 Å². The Balaban J connectivity index is 0.000000485. The highest BCUT2D eigenvalue weighted by Crippen LogP contribution is 2.46. The maximum absolute atomic E-state index is 12.4. The molecule has 2 N–H and O–H groups in total. The van der Waals surface area contributed by atoms with E-state index in [9.17, 15) is 29.4 Å². The minimum Gasteiger partial charge on any atom is -0.459 e. The van der Waals surface area contributed by atoms with Crippen molar-refractivity contribution in [2.45, 2.75) is 90.6 Å². The SMILES string of the molecule is CC.CC.CC(C)(C)OC(=O)N1CCCC1.COC.O=COCC(=O)c1ccc2c(c1)C(O)(O)Oc1cc3c(cc1-2)CCC(Br)C3=O. The Morgan fingerprint density at radius 1 is 1.02 bits per heavy atom. The van der Waals surface area contributed by atoms with Gasteiger partial charge in [0.05, 0.1) is 10.4 Å². The van der Waals surface area contributed by atoms with E-state index in [0.29, 0.717) is 29.5 Å². The fourth-order valence-corrected chi connectivity index (χ4v) is 5.26. The van der Waals surface area contributed by atoms with Gasteiger partial charge in [0.1, 0.15) is 11.4 Å². The lowest BCUT2D eigenvalue weighted by molar-refractivity contribution is -0.305. The molecular formula is C35H50BrNO10. The maximum atomic E-state index is 12.4. The number of nitrogens with zero attached hydrogens (tertiary/aromatic N) is 1. The Kier molecular flexibility index (Phi) is 17.3. The zero-order valence-corrected chi connectivity index (χ0v) is 30.6. The number of likely N-dealkylation sites (tertiary alicyclic amines) is 1. The third kappa shape index (κ3) is 11.7. The molecule has 2 heterocycles. The van der Waals surface area contributed by atoms with Crippen molar-refractivity contribution in [1.82, 2.24) is 4.90 Å². The van der Waals surface area contributed by atoms with Gasteiger partial charge in [-0.25, -0.2) is 4.79 Å². The molecule has 1 amide bonds. The molecule has 1 saturated heterocycles. The molecule has 0 radical (unpaired) electrons. The number of Topliss-reactive ketones (excluding diaryl/α,β-unsaturated/α-hetero) is 2. The van der Waals surface area contributed by atoms with Crippen LogP contribution in [0, 0.1) is 0 Å². The van der Waals surface area contributed by atoms with E-state index >= 15 is 0 Å². The van der Waals surface area contributed by atoms with E-state index in [2.05, 4.69) is 25.4 Å². The zero-order valence-electron chi connectivity index (χ0n) is 29.0. The van der Waals surface area contributed by atoms with Crippen molar-refractivity contribution in [2.75, 3.05) is 33.9 Å². The molecular weight excluding hydrogens is 674 g/mol. The molecule has 2 aliphatic heterocycles. The summed E-state index contributed by atoms with van der Waals surface area (Å²) in [6.45, 7) is 15.1. The maximum Gasteiger partial charge on any atom is 0.410 e. The van der Waals surface area contributed by atoms with Gasteiger partial charge in [-0.1, -0.05) is 55.8 Å². The van der Waals surface area contributed by atoms with Gasteiger partial charge in [-0.05, 0) is 75.8 Å². The molecule has 2 aromatic rings. The number of hydrogen-bond acceptors (Lipinski definition) is 10. The first-order valence-electron chi connectivity index (χ1n) is 15.8. The predicted molar refractivity (Wildman–Crippen MR) is 183 cm³/mol. The van der Waals surface area contributed by atoms with Gasteiger partial charge in [-0.15, -0.1) is 0 Å². The van der Waals surface area contributed by atoms with Gasteiger partial charge >= 0.3 is 12.1 Å². The number of hydrogen-bond donors (Lipinski definition) is 2. The molecule has 47 heavy (non-hydrogen) atoms. The first-order valence-corrected chi connectivity index (χ1v) is 16.7. The number of ether oxygens (including phenoxy) is 4. The summed E-state index contributed by atoms with van der Waals surface area (Å²) in [5, 5.41) is 20.8. The molecule has 0 spiro atoms. The van der Waals surface area contributed by atoms with E-state index in [1.54, 1.807) is 25.2 Å². The average molecular weight is 725 g/mol. The van der Waals surface area contributed by atoms with E-state index in [-0.39, 0.29) is 45.7 Å². The van der Waals surface area contributed by atoms with Gasteiger partial charge in [0, 0.05) is 44.0 Å². The third-order valence-electron chi connectivity index (χ3n) is 6.70. The smallest absolute Gasteiger partial charge is 0.410 e. The predicted octanol–water partition coefficient (Wildman–Crippen LogP) is 6.42. The van der Waals surface area contributed by atoms with Crippen LogP contribution in [0.15, 0.2) is 30.3 Å². The highest BCUT2D eigenvalue weighted by Gasteiger charge is 2.39. The molecule has 262 valence electrons. The molecule has 1 fully saturated rings. The van der Waals surface area contributed by atoms with Gasteiger partial charge < -0.3 is 34.1 Å². The number of amides is 1. The van der Waals surface area contributed by atoms with Crippen LogP contribution in [0.5, 0.6) is 5.75 Å². The Morgan fingerprint density at radius 2 is 1.62 bits per heavy atom. The lowest BCUT2D eigenvalue weighted by Gasteiger charge is -2.33. The topological polar surface area (TPSA) is 149 Å². The summed E-state index contributed by atoms with van der Waals surface area (Å²) in [6.07, 6.45) is 3.42. The lowest BCUT2D eigenvalue weighted by atomic mass is 9.85. The molecule has 12 heteroatoms. The van der Waals surface area contributed by atoms with Crippen LogP contribution in [0.2, 0.25) is 0 Å². The summed E-state index contributed by atoms with van der Waals surface area (Å²) >= 11 is 3.35. The van der Waals surface area contributed by atoms with E-state index < -0.39 is 18.4 Å². The van der Waals surface area contributed by atoms with Crippen molar-refractivity contribution in [2.24, 2.45) is 0 Å². The molecule has 11 nitrogen and oxygen atoms in total. The third-order valence-corrected chi connectivity index (χ3v) is 7.57. The first-order chi connectivity index (χ1) is 22.2. The van der Waals surface area contributed by atoms with Crippen LogP contribution >= 0.6 is 15.9 Å². The number of halogens is 1. The number of methoxy groups -OCH3 is 1. The fraction of sp³-hybridized carbons (Fsp3) is 0.543. The van der Waals surface area contributed by atoms with Crippen LogP contribution in [-0.4, -0.2) is 83.6 Å². The number of carbonyl (C=O) groups excluding carboxylic acids is 4. The van der Waals surface area contributed by atoms with Crippen LogP contribution < -0.4 is 4.74 Å². The van der Waals surface area contributed by atoms with Gasteiger partial charge in [0.15, 0.2) is 18.2 Å². The Labute approximate surface area is 286 Å². The molecule has 2 aromatic carbocycles. The van der Waals surface area contributed by atoms with Crippen molar-refractivity contribution < 1.29 is 48.3 Å². The molecule has 1 unspecified atom stereocenters. The van der Waals surface area contributed by atoms with E-state index in [0.717, 1.165) is 31.5 Å². The van der Waals surface area contributed by atoms with Crippen molar-refractivity contribution in [1.29, 1.82) is 0 Å². The second-order valence-electron chi connectivity index (χ2n) is 11.3. The van der Waals surface area contributed by atoms with Gasteiger partial charge in [-0.3, -0.25) is 14.4 Å². The van der Waals surface area contributed by atoms with Crippen LogP contribution in [0.25, 0.3) is 11.1 Å². The molecule has 1 aliphatic carbocycles. The number of aryl methyl sites for hydroxylation is 1. The van der Waals surface area contributed by atoms with Crippen LogP contribution in [0.4, 0.5) is 4.79 Å². The average Bonchev–Trinajstić information content (AvgIpc) is 3.59. The van der Waals surface area contributed by atoms with Gasteiger partial charge in [-0.2, -0.15) is 0 Å². The van der Waals surface area contributed by atoms with Crippen LogP contribution in [0.1, 0.15) is 99.6 Å². The second kappa shape index (κ2) is 19.5. The Hall–Kier alpha value is -3.32. The summed E-state index contributed by atoms with van der Waals surface area (Å²) in [4.78, 5) is 47.6. The monoisotopic (exact) mass is 723 g/mol. The zero-order chi connectivity index (χ0) is 35.9. The van der Waals surface area contributed by atoms with Crippen molar-refractivity contribution >= 4 is 40.1 Å². The number of ketones is 2. The van der Waals surface area contributed by atoms with Crippen LogP contribution in [-0.2, 0) is 31.4 Å². The molecule has 0 bridgehead atoms. The van der Waals surface area contributed by atoms with Crippen molar-refractivity contribution in [3.63, 3.8) is 0 Å². The molecule has 5 rings (SSSR count).